The van der Waals surface area contributed by atoms with Crippen molar-refractivity contribution in [3.05, 3.63) is 23.9 Å². The Balaban J connectivity index is 0.00000261. The van der Waals surface area contributed by atoms with Crippen molar-refractivity contribution in [2.75, 3.05) is 44.3 Å². The third-order valence-electron chi connectivity index (χ3n) is 4.81. The van der Waals surface area contributed by atoms with Crippen molar-refractivity contribution in [3.63, 3.8) is 0 Å². The number of pyridine rings is 1. The number of aliphatic imine (C=N–C) groups is 1. The lowest BCUT2D eigenvalue weighted by Gasteiger charge is -2.16. The molecule has 2 fully saturated rings. The van der Waals surface area contributed by atoms with Gasteiger partial charge in [-0.1, -0.05) is 6.07 Å². The minimum Gasteiger partial charge on any atom is -0.381 e. The molecule has 0 bridgehead atoms. The second kappa shape index (κ2) is 12.4. The molecule has 0 spiro atoms. The molecule has 0 aromatic carbocycles. The van der Waals surface area contributed by atoms with Gasteiger partial charge in [-0.2, -0.15) is 0 Å². The Morgan fingerprint density at radius 1 is 1.26 bits per heavy atom. The highest BCUT2D eigenvalue weighted by molar-refractivity contribution is 14.0. The molecule has 0 atom stereocenters. The van der Waals surface area contributed by atoms with Gasteiger partial charge in [0.15, 0.2) is 5.96 Å². The van der Waals surface area contributed by atoms with E-state index in [1.165, 1.54) is 25.7 Å². The van der Waals surface area contributed by atoms with Gasteiger partial charge in [-0.15, -0.1) is 24.0 Å². The lowest BCUT2D eigenvalue weighted by molar-refractivity contribution is 0.123. The molecule has 7 heteroatoms. The second-order valence-corrected chi connectivity index (χ2v) is 7.21. The first kappa shape index (κ1) is 22.2. The summed E-state index contributed by atoms with van der Waals surface area (Å²) in [6.07, 6.45) is 8.20. The number of hydrogen-bond acceptors (Lipinski definition) is 4. The molecule has 0 unspecified atom stereocenters. The minimum atomic E-state index is 0. The third-order valence-corrected chi connectivity index (χ3v) is 4.81. The van der Waals surface area contributed by atoms with E-state index in [0.29, 0.717) is 6.54 Å². The van der Waals surface area contributed by atoms with Crippen molar-refractivity contribution < 1.29 is 4.74 Å². The van der Waals surface area contributed by atoms with Crippen molar-refractivity contribution >= 4 is 35.8 Å². The van der Waals surface area contributed by atoms with E-state index in [-0.39, 0.29) is 24.0 Å². The van der Waals surface area contributed by atoms with Crippen molar-refractivity contribution in [3.8, 4) is 0 Å². The van der Waals surface area contributed by atoms with Gasteiger partial charge >= 0.3 is 0 Å². The lowest BCUT2D eigenvalue weighted by atomic mass is 10.3. The average molecular weight is 487 g/mol. The van der Waals surface area contributed by atoms with Gasteiger partial charge in [0.05, 0.1) is 6.54 Å². The Bertz CT molecular complexity index is 556. The van der Waals surface area contributed by atoms with Gasteiger partial charge in [-0.3, -0.25) is 0 Å². The van der Waals surface area contributed by atoms with Crippen LogP contribution in [0.15, 0.2) is 23.3 Å². The SMILES string of the molecule is CCNC(=NCc1ccc(N2CCCC2)nc1)NCCCOCC1CC1.I. The van der Waals surface area contributed by atoms with E-state index in [0.717, 1.165) is 69.1 Å². The molecule has 1 aromatic heterocycles. The van der Waals surface area contributed by atoms with Crippen LogP contribution in [0.1, 0.15) is 44.6 Å². The van der Waals surface area contributed by atoms with Crippen LogP contribution in [-0.4, -0.2) is 50.3 Å². The molecular weight excluding hydrogens is 453 g/mol. The summed E-state index contributed by atoms with van der Waals surface area (Å²) >= 11 is 0. The third kappa shape index (κ3) is 8.21. The molecule has 1 aromatic rings. The summed E-state index contributed by atoms with van der Waals surface area (Å²) in [7, 11) is 0. The topological polar surface area (TPSA) is 61.8 Å². The van der Waals surface area contributed by atoms with Crippen molar-refractivity contribution in [1.29, 1.82) is 0 Å². The van der Waals surface area contributed by atoms with E-state index in [1.54, 1.807) is 0 Å². The molecule has 1 saturated heterocycles. The molecular formula is C20H34IN5O. The van der Waals surface area contributed by atoms with Crippen LogP contribution in [0.5, 0.6) is 0 Å². The molecule has 2 aliphatic rings. The molecule has 1 saturated carbocycles. The predicted molar refractivity (Wildman–Crippen MR) is 122 cm³/mol. The highest BCUT2D eigenvalue weighted by Gasteiger charge is 2.20. The Hall–Kier alpha value is -1.09. The first-order chi connectivity index (χ1) is 12.8. The Morgan fingerprint density at radius 2 is 2.07 bits per heavy atom. The largest absolute Gasteiger partial charge is 0.381 e. The van der Waals surface area contributed by atoms with E-state index in [1.807, 2.05) is 6.20 Å². The van der Waals surface area contributed by atoms with Crippen LogP contribution in [0.4, 0.5) is 5.82 Å². The van der Waals surface area contributed by atoms with Gasteiger partial charge in [-0.25, -0.2) is 9.98 Å². The molecule has 0 amide bonds. The Kier molecular flexibility index (Phi) is 10.2. The van der Waals surface area contributed by atoms with E-state index < -0.39 is 0 Å². The van der Waals surface area contributed by atoms with Crippen LogP contribution in [-0.2, 0) is 11.3 Å². The van der Waals surface area contributed by atoms with Gasteiger partial charge in [0.1, 0.15) is 5.82 Å². The number of ether oxygens (including phenoxy) is 1. The van der Waals surface area contributed by atoms with Crippen LogP contribution >= 0.6 is 24.0 Å². The molecule has 27 heavy (non-hydrogen) atoms. The maximum Gasteiger partial charge on any atom is 0.191 e. The van der Waals surface area contributed by atoms with Gasteiger partial charge < -0.3 is 20.3 Å². The molecule has 152 valence electrons. The van der Waals surface area contributed by atoms with Crippen LogP contribution < -0.4 is 15.5 Å². The van der Waals surface area contributed by atoms with Crippen molar-refractivity contribution in [2.45, 2.75) is 45.6 Å². The van der Waals surface area contributed by atoms with Crippen LogP contribution in [0.25, 0.3) is 0 Å². The highest BCUT2D eigenvalue weighted by atomic mass is 127. The summed E-state index contributed by atoms with van der Waals surface area (Å²) in [5.41, 5.74) is 1.14. The Morgan fingerprint density at radius 3 is 2.74 bits per heavy atom. The van der Waals surface area contributed by atoms with Gasteiger partial charge in [-0.05, 0) is 56.6 Å². The summed E-state index contributed by atoms with van der Waals surface area (Å²) in [5.74, 6) is 2.79. The summed E-state index contributed by atoms with van der Waals surface area (Å²) in [6.45, 7) is 8.48. The molecule has 3 rings (SSSR count). The zero-order valence-electron chi connectivity index (χ0n) is 16.5. The standard InChI is InChI=1S/C20H33N5O.HI/c1-2-21-20(22-10-5-13-26-16-17-6-7-17)24-15-18-8-9-19(23-14-18)25-11-3-4-12-25;/h8-9,14,17H,2-7,10-13,15-16H2,1H3,(H2,21,22,24);1H. The lowest BCUT2D eigenvalue weighted by Crippen LogP contribution is -2.38. The Labute approximate surface area is 180 Å². The number of halogens is 1. The molecule has 0 radical (unpaired) electrons. The van der Waals surface area contributed by atoms with Crippen LogP contribution in [0.2, 0.25) is 0 Å². The number of nitrogens with zero attached hydrogens (tertiary/aromatic N) is 3. The highest BCUT2D eigenvalue weighted by Crippen LogP contribution is 2.28. The van der Waals surface area contributed by atoms with E-state index in [2.05, 4.69) is 44.6 Å². The van der Waals surface area contributed by atoms with Crippen molar-refractivity contribution in [2.24, 2.45) is 10.9 Å². The van der Waals surface area contributed by atoms with Crippen LogP contribution in [0, 0.1) is 5.92 Å². The van der Waals surface area contributed by atoms with E-state index in [9.17, 15) is 0 Å². The smallest absolute Gasteiger partial charge is 0.191 e. The fourth-order valence-corrected chi connectivity index (χ4v) is 3.07. The summed E-state index contributed by atoms with van der Waals surface area (Å²) in [6, 6.07) is 4.26. The maximum atomic E-state index is 5.67. The van der Waals surface area contributed by atoms with E-state index in [4.69, 9.17) is 4.74 Å². The van der Waals surface area contributed by atoms with Crippen LogP contribution in [0.3, 0.4) is 0 Å². The summed E-state index contributed by atoms with van der Waals surface area (Å²) < 4.78 is 5.67. The number of aromatic nitrogens is 1. The van der Waals surface area contributed by atoms with E-state index >= 15 is 0 Å². The molecule has 2 N–H and O–H groups in total. The average Bonchev–Trinajstić information content (AvgIpc) is 3.33. The molecule has 2 heterocycles. The number of nitrogens with one attached hydrogen (secondary N) is 2. The fourth-order valence-electron chi connectivity index (χ4n) is 3.07. The first-order valence-electron chi connectivity index (χ1n) is 10.1. The zero-order valence-corrected chi connectivity index (χ0v) is 18.8. The molecule has 6 nitrogen and oxygen atoms in total. The van der Waals surface area contributed by atoms with Gasteiger partial charge in [0.2, 0.25) is 0 Å². The number of hydrogen-bond donors (Lipinski definition) is 2. The van der Waals surface area contributed by atoms with Crippen molar-refractivity contribution in [1.82, 2.24) is 15.6 Å². The fraction of sp³-hybridized carbons (Fsp3) is 0.700. The predicted octanol–water partition coefficient (Wildman–Crippen LogP) is 3.17. The zero-order chi connectivity index (χ0) is 18.0. The summed E-state index contributed by atoms with van der Waals surface area (Å²) in [5, 5.41) is 6.68. The molecule has 1 aliphatic carbocycles. The summed E-state index contributed by atoms with van der Waals surface area (Å²) in [4.78, 5) is 11.6. The molecule has 1 aliphatic heterocycles. The normalized spacial score (nSPS) is 16.9. The minimum absolute atomic E-state index is 0. The first-order valence-corrected chi connectivity index (χ1v) is 10.1. The van der Waals surface area contributed by atoms with Gasteiger partial charge in [0, 0.05) is 45.6 Å². The monoisotopic (exact) mass is 487 g/mol. The van der Waals surface area contributed by atoms with Gasteiger partial charge in [0.25, 0.3) is 0 Å². The number of anilines is 1. The number of rotatable bonds is 10. The maximum absolute atomic E-state index is 5.67. The second-order valence-electron chi connectivity index (χ2n) is 7.21. The number of guanidine groups is 1. The quantitative estimate of drug-likeness (QED) is 0.230.